The second kappa shape index (κ2) is 5.40. The highest BCUT2D eigenvalue weighted by atomic mass is 19.4. The fourth-order valence-corrected chi connectivity index (χ4v) is 4.36. The van der Waals surface area contributed by atoms with Crippen molar-refractivity contribution in [3.8, 4) is 0 Å². The Morgan fingerprint density at radius 2 is 1.95 bits per heavy atom. The summed E-state index contributed by atoms with van der Waals surface area (Å²) in [7, 11) is 0. The highest BCUT2D eigenvalue weighted by molar-refractivity contribution is 5.87. The van der Waals surface area contributed by atoms with E-state index in [4.69, 9.17) is 0 Å². The Morgan fingerprint density at radius 1 is 1.32 bits per heavy atom. The molecule has 8 heteroatoms. The standard InChI is InChI=1S/C14H20F3NO4/c1-12(22)5-8-3-2-4-13(6-8,7-12)9(10(19)20)18-11(21)14(15,16)17/h8-9,22H,2-7H2,1H3,(H,18,21)(H,19,20)/t8?,9-,12?,13?/m1/s1. The van der Waals surface area contributed by atoms with Crippen molar-refractivity contribution in [3.05, 3.63) is 0 Å². The fourth-order valence-electron chi connectivity index (χ4n) is 4.36. The van der Waals surface area contributed by atoms with E-state index in [2.05, 4.69) is 0 Å². The van der Waals surface area contributed by atoms with Crippen molar-refractivity contribution in [1.82, 2.24) is 5.32 Å². The summed E-state index contributed by atoms with van der Waals surface area (Å²) in [5, 5.41) is 21.3. The van der Waals surface area contributed by atoms with E-state index in [1.165, 1.54) is 0 Å². The normalized spacial score (nSPS) is 36.5. The number of nitrogens with one attached hydrogen (secondary N) is 1. The first kappa shape index (κ1) is 17.1. The van der Waals surface area contributed by atoms with E-state index in [9.17, 15) is 33.0 Å². The Kier molecular flexibility index (Phi) is 4.18. The molecule has 2 saturated carbocycles. The van der Waals surface area contributed by atoms with Crippen molar-refractivity contribution in [2.75, 3.05) is 0 Å². The topological polar surface area (TPSA) is 86.6 Å². The molecule has 126 valence electrons. The van der Waals surface area contributed by atoms with Gasteiger partial charge in [-0.25, -0.2) is 4.79 Å². The quantitative estimate of drug-likeness (QED) is 0.740. The molecule has 2 bridgehead atoms. The molecule has 1 amide bonds. The van der Waals surface area contributed by atoms with E-state index >= 15 is 0 Å². The first-order valence-electron chi connectivity index (χ1n) is 7.28. The zero-order chi connectivity index (χ0) is 16.8. The third-order valence-corrected chi connectivity index (χ3v) is 4.84. The Balaban J connectivity index is 2.30. The van der Waals surface area contributed by atoms with Gasteiger partial charge >= 0.3 is 18.1 Å². The van der Waals surface area contributed by atoms with Crippen molar-refractivity contribution in [2.24, 2.45) is 11.3 Å². The van der Waals surface area contributed by atoms with Gasteiger partial charge in [0.15, 0.2) is 0 Å². The number of carbonyl (C=O) groups excluding carboxylic acids is 1. The van der Waals surface area contributed by atoms with Gasteiger partial charge in [0.05, 0.1) is 5.60 Å². The minimum Gasteiger partial charge on any atom is -0.480 e. The smallest absolute Gasteiger partial charge is 0.471 e. The predicted octanol–water partition coefficient (Wildman–Crippen LogP) is 1.84. The number of fused-ring (bicyclic) bond motifs is 2. The predicted molar refractivity (Wildman–Crippen MR) is 69.9 cm³/mol. The number of hydrogen-bond acceptors (Lipinski definition) is 3. The molecule has 0 aliphatic heterocycles. The lowest BCUT2D eigenvalue weighted by molar-refractivity contribution is -0.179. The first-order chi connectivity index (χ1) is 9.95. The van der Waals surface area contributed by atoms with E-state index < -0.39 is 35.1 Å². The van der Waals surface area contributed by atoms with E-state index in [1.54, 1.807) is 12.2 Å². The van der Waals surface area contributed by atoms with Gasteiger partial charge in [0.2, 0.25) is 0 Å². The lowest BCUT2D eigenvalue weighted by Gasteiger charge is -2.53. The molecule has 0 aromatic heterocycles. The third-order valence-electron chi connectivity index (χ3n) is 4.84. The maximum absolute atomic E-state index is 12.5. The highest BCUT2D eigenvalue weighted by Gasteiger charge is 2.55. The minimum absolute atomic E-state index is 0.0714. The number of rotatable bonds is 3. The highest BCUT2D eigenvalue weighted by Crippen LogP contribution is 2.54. The molecular formula is C14H20F3NO4. The van der Waals surface area contributed by atoms with Crippen molar-refractivity contribution in [3.63, 3.8) is 0 Å². The summed E-state index contributed by atoms with van der Waals surface area (Å²) in [4.78, 5) is 22.7. The number of carboxylic acid groups (broad SMARTS) is 1. The summed E-state index contributed by atoms with van der Waals surface area (Å²) >= 11 is 0. The van der Waals surface area contributed by atoms with E-state index in [0.29, 0.717) is 25.7 Å². The van der Waals surface area contributed by atoms with E-state index in [1.807, 2.05) is 0 Å². The van der Waals surface area contributed by atoms with Gasteiger partial charge in [-0.15, -0.1) is 0 Å². The lowest BCUT2D eigenvalue weighted by Crippen LogP contribution is -2.60. The van der Waals surface area contributed by atoms with Crippen LogP contribution < -0.4 is 5.32 Å². The van der Waals surface area contributed by atoms with Crippen LogP contribution >= 0.6 is 0 Å². The summed E-state index contributed by atoms with van der Waals surface area (Å²) in [5.41, 5.74) is -2.16. The molecular weight excluding hydrogens is 303 g/mol. The first-order valence-corrected chi connectivity index (χ1v) is 7.28. The Hall–Kier alpha value is -1.31. The minimum atomic E-state index is -5.13. The maximum atomic E-state index is 12.5. The lowest BCUT2D eigenvalue weighted by atomic mass is 9.55. The Labute approximate surface area is 125 Å². The zero-order valence-corrected chi connectivity index (χ0v) is 12.2. The molecule has 0 heterocycles. The molecule has 2 rings (SSSR count). The Morgan fingerprint density at radius 3 is 2.50 bits per heavy atom. The number of amides is 1. The van der Waals surface area contributed by atoms with Crippen LogP contribution in [0.1, 0.15) is 45.4 Å². The summed E-state index contributed by atoms with van der Waals surface area (Å²) in [6, 6.07) is -1.64. The molecule has 2 fully saturated rings. The van der Waals surface area contributed by atoms with Gasteiger partial charge in [-0.1, -0.05) is 12.8 Å². The Bertz CT molecular complexity index is 477. The molecule has 0 aromatic rings. The van der Waals surface area contributed by atoms with Crippen LogP contribution in [0.4, 0.5) is 13.2 Å². The molecule has 22 heavy (non-hydrogen) atoms. The molecule has 3 unspecified atom stereocenters. The van der Waals surface area contributed by atoms with Crippen LogP contribution in [0.5, 0.6) is 0 Å². The largest absolute Gasteiger partial charge is 0.480 e. The molecule has 0 radical (unpaired) electrons. The van der Waals surface area contributed by atoms with Crippen LogP contribution in [0.15, 0.2) is 0 Å². The van der Waals surface area contributed by atoms with Gasteiger partial charge < -0.3 is 15.5 Å². The molecule has 0 spiro atoms. The van der Waals surface area contributed by atoms with Crippen molar-refractivity contribution in [1.29, 1.82) is 0 Å². The number of halogens is 3. The molecule has 0 aromatic carbocycles. The van der Waals surface area contributed by atoms with Gasteiger partial charge in [0.25, 0.3) is 0 Å². The fraction of sp³-hybridized carbons (Fsp3) is 0.857. The number of alkyl halides is 3. The average Bonchev–Trinajstić information content (AvgIpc) is 2.31. The van der Waals surface area contributed by atoms with Crippen LogP contribution in [0.25, 0.3) is 0 Å². The molecule has 2 aliphatic rings. The average molecular weight is 323 g/mol. The van der Waals surface area contributed by atoms with Crippen molar-refractivity contribution < 1.29 is 33.0 Å². The number of carboxylic acids is 1. The molecule has 5 nitrogen and oxygen atoms in total. The second-order valence-electron chi connectivity index (χ2n) is 6.95. The number of carbonyl (C=O) groups is 2. The number of aliphatic hydroxyl groups is 1. The van der Waals surface area contributed by atoms with Crippen LogP contribution in [0.2, 0.25) is 0 Å². The van der Waals surface area contributed by atoms with Crippen LogP contribution in [-0.2, 0) is 9.59 Å². The van der Waals surface area contributed by atoms with Gasteiger partial charge in [-0.2, -0.15) is 13.2 Å². The van der Waals surface area contributed by atoms with Gasteiger partial charge in [-0.05, 0) is 38.5 Å². The molecule has 2 aliphatic carbocycles. The van der Waals surface area contributed by atoms with Crippen molar-refractivity contribution in [2.45, 2.75) is 63.3 Å². The number of aliphatic carboxylic acids is 1. The van der Waals surface area contributed by atoms with Gasteiger partial charge in [0.1, 0.15) is 6.04 Å². The van der Waals surface area contributed by atoms with Gasteiger partial charge in [0, 0.05) is 5.41 Å². The third kappa shape index (κ3) is 3.37. The van der Waals surface area contributed by atoms with E-state index in [0.717, 1.165) is 6.42 Å². The van der Waals surface area contributed by atoms with Crippen molar-refractivity contribution >= 4 is 11.9 Å². The molecule has 3 N–H and O–H groups in total. The summed E-state index contributed by atoms with van der Waals surface area (Å²) in [5.74, 6) is -3.67. The zero-order valence-electron chi connectivity index (χ0n) is 12.2. The molecule has 0 saturated heterocycles. The molecule has 4 atom stereocenters. The van der Waals surface area contributed by atoms with Gasteiger partial charge in [-0.3, -0.25) is 4.79 Å². The maximum Gasteiger partial charge on any atom is 0.471 e. The summed E-state index contributed by atoms with van der Waals surface area (Å²) < 4.78 is 37.4. The van der Waals surface area contributed by atoms with Crippen LogP contribution in [0, 0.1) is 11.3 Å². The summed E-state index contributed by atoms with van der Waals surface area (Å²) in [6.07, 6.45) is -2.24. The van der Waals surface area contributed by atoms with E-state index in [-0.39, 0.29) is 12.3 Å². The monoisotopic (exact) mass is 323 g/mol. The SMILES string of the molecule is CC1(O)CC2CCCC([C@H](NC(=O)C(F)(F)F)C(=O)O)(C2)C1. The summed E-state index contributed by atoms with van der Waals surface area (Å²) in [6.45, 7) is 1.57. The second-order valence-corrected chi connectivity index (χ2v) is 6.95. The van der Waals surface area contributed by atoms with Crippen LogP contribution in [0.3, 0.4) is 0 Å². The number of hydrogen-bond donors (Lipinski definition) is 3. The van der Waals surface area contributed by atoms with Crippen LogP contribution in [-0.4, -0.2) is 39.9 Å².